The monoisotopic (exact) mass is 375 g/mol. The summed E-state index contributed by atoms with van der Waals surface area (Å²) in [7, 11) is 0. The number of hydrogen-bond acceptors (Lipinski definition) is 5. The molecule has 2 rings (SSSR count). The average Bonchev–Trinajstić information content (AvgIpc) is 2.50. The minimum absolute atomic E-state index is 0. The molecule has 0 bridgehead atoms. The molecule has 6 heteroatoms. The van der Waals surface area contributed by atoms with Gasteiger partial charge >= 0.3 is 0 Å². The molecule has 1 heterocycles. The highest BCUT2D eigenvalue weighted by Crippen LogP contribution is 2.37. The molecular weight excluding hydrogens is 350 g/mol. The fraction of sp³-hybridized carbons (Fsp3) is 0.625. The van der Waals surface area contributed by atoms with Gasteiger partial charge in [-0.05, 0) is 50.1 Å². The van der Waals surface area contributed by atoms with Gasteiger partial charge in [0.05, 0.1) is 13.2 Å². The van der Waals surface area contributed by atoms with Crippen molar-refractivity contribution in [1.29, 1.82) is 0 Å². The Labute approximate surface area is 142 Å². The summed E-state index contributed by atoms with van der Waals surface area (Å²) in [6.07, 6.45) is 0.905. The van der Waals surface area contributed by atoms with Crippen molar-refractivity contribution >= 4 is 17.0 Å². The first-order valence-corrected chi connectivity index (χ1v) is 7.62. The number of ether oxygens (including phenoxy) is 2. The summed E-state index contributed by atoms with van der Waals surface area (Å²) in [5.74, 6) is 1.28. The van der Waals surface area contributed by atoms with E-state index >= 15 is 0 Å². The zero-order chi connectivity index (χ0) is 15.2. The van der Waals surface area contributed by atoms with Crippen molar-refractivity contribution in [2.75, 3.05) is 33.0 Å². The Morgan fingerprint density at radius 3 is 2.27 bits per heavy atom. The maximum Gasteiger partial charge on any atom is 0.161 e. The molecule has 1 aromatic carbocycles. The molecule has 0 amide bonds. The van der Waals surface area contributed by atoms with Gasteiger partial charge in [-0.1, -0.05) is 0 Å². The van der Waals surface area contributed by atoms with Crippen LogP contribution in [0.5, 0.6) is 11.5 Å². The minimum Gasteiger partial charge on any atom is -0.490 e. The van der Waals surface area contributed by atoms with Gasteiger partial charge in [0.25, 0.3) is 0 Å². The van der Waals surface area contributed by atoms with Crippen LogP contribution in [0.15, 0.2) is 12.1 Å². The van der Waals surface area contributed by atoms with Crippen molar-refractivity contribution < 1.29 is 19.7 Å². The van der Waals surface area contributed by atoms with Crippen molar-refractivity contribution in [2.24, 2.45) is 5.92 Å². The molecule has 1 aliphatic heterocycles. The van der Waals surface area contributed by atoms with Crippen LogP contribution >= 0.6 is 17.0 Å². The van der Waals surface area contributed by atoms with Crippen molar-refractivity contribution in [3.8, 4) is 11.5 Å². The molecule has 5 nitrogen and oxygen atoms in total. The molecule has 1 atom stereocenters. The second-order valence-corrected chi connectivity index (χ2v) is 5.17. The Balaban J connectivity index is 0.00000242. The number of nitrogens with one attached hydrogen (secondary N) is 1. The third-order valence-electron chi connectivity index (χ3n) is 3.84. The van der Waals surface area contributed by atoms with Crippen molar-refractivity contribution in [3.63, 3.8) is 0 Å². The molecule has 0 saturated carbocycles. The molecule has 0 spiro atoms. The summed E-state index contributed by atoms with van der Waals surface area (Å²) < 4.78 is 11.3. The zero-order valence-corrected chi connectivity index (χ0v) is 14.9. The Hall–Kier alpha value is -0.820. The van der Waals surface area contributed by atoms with Gasteiger partial charge in [0.15, 0.2) is 11.5 Å². The molecule has 0 saturated heterocycles. The third-order valence-corrected chi connectivity index (χ3v) is 3.84. The lowest BCUT2D eigenvalue weighted by Crippen LogP contribution is -2.37. The maximum absolute atomic E-state index is 9.46. The highest BCUT2D eigenvalue weighted by Gasteiger charge is 2.28. The topological polar surface area (TPSA) is 71.0 Å². The van der Waals surface area contributed by atoms with E-state index in [1.54, 1.807) is 0 Å². The first kappa shape index (κ1) is 19.2. The summed E-state index contributed by atoms with van der Waals surface area (Å²) in [6, 6.07) is 3.96. The third kappa shape index (κ3) is 4.13. The molecule has 0 aliphatic carbocycles. The summed E-state index contributed by atoms with van der Waals surface area (Å²) in [5.41, 5.74) is 2.28. The first-order valence-electron chi connectivity index (χ1n) is 7.62. The molecule has 22 heavy (non-hydrogen) atoms. The molecule has 0 fully saturated rings. The highest BCUT2D eigenvalue weighted by molar-refractivity contribution is 8.93. The van der Waals surface area contributed by atoms with Gasteiger partial charge in [-0.25, -0.2) is 0 Å². The number of benzene rings is 1. The van der Waals surface area contributed by atoms with Gasteiger partial charge in [-0.2, -0.15) is 0 Å². The second-order valence-electron chi connectivity index (χ2n) is 5.17. The number of aliphatic hydroxyl groups excluding tert-OH is 2. The molecule has 126 valence electrons. The minimum atomic E-state index is -0.212. The standard InChI is InChI=1S/C16H25NO4.BrH/c1-3-20-14-7-11-5-6-17-16(12(9-18)10-19)13(11)8-15(14)21-4-2;/h7-8,12,16-19H,3-6,9-10H2,1-2H3;1H. The van der Waals surface area contributed by atoms with E-state index in [9.17, 15) is 10.2 Å². The number of aliphatic hydroxyl groups is 2. The predicted octanol–water partition coefficient (Wildman–Crippen LogP) is 1.85. The van der Waals surface area contributed by atoms with Gasteiger partial charge in [0.2, 0.25) is 0 Å². The number of halogens is 1. The van der Waals surface area contributed by atoms with E-state index in [0.717, 1.165) is 30.0 Å². The van der Waals surface area contributed by atoms with E-state index in [0.29, 0.717) is 13.2 Å². The molecule has 1 aliphatic rings. The number of hydrogen-bond donors (Lipinski definition) is 3. The van der Waals surface area contributed by atoms with Gasteiger partial charge < -0.3 is 25.0 Å². The zero-order valence-electron chi connectivity index (χ0n) is 13.2. The van der Waals surface area contributed by atoms with Gasteiger partial charge in [-0.3, -0.25) is 0 Å². The van der Waals surface area contributed by atoms with Crippen LogP contribution in [-0.2, 0) is 6.42 Å². The van der Waals surface area contributed by atoms with E-state index in [4.69, 9.17) is 9.47 Å². The molecule has 0 aromatic heterocycles. The van der Waals surface area contributed by atoms with Crippen LogP contribution in [0.1, 0.15) is 31.0 Å². The molecule has 0 radical (unpaired) electrons. The smallest absolute Gasteiger partial charge is 0.161 e. The van der Waals surface area contributed by atoms with Crippen molar-refractivity contribution in [2.45, 2.75) is 26.3 Å². The van der Waals surface area contributed by atoms with Crippen LogP contribution < -0.4 is 14.8 Å². The fourth-order valence-electron chi connectivity index (χ4n) is 2.82. The number of fused-ring (bicyclic) bond motifs is 1. The van der Waals surface area contributed by atoms with E-state index in [-0.39, 0.29) is 42.2 Å². The van der Waals surface area contributed by atoms with Crippen molar-refractivity contribution in [1.82, 2.24) is 5.32 Å². The van der Waals surface area contributed by atoms with E-state index in [2.05, 4.69) is 5.32 Å². The van der Waals surface area contributed by atoms with Crippen molar-refractivity contribution in [3.05, 3.63) is 23.3 Å². The Bertz CT molecular complexity index is 466. The summed E-state index contributed by atoms with van der Waals surface area (Å²) in [5, 5.41) is 22.3. The maximum atomic E-state index is 9.46. The normalized spacial score (nSPS) is 16.9. The predicted molar refractivity (Wildman–Crippen MR) is 91.2 cm³/mol. The van der Waals surface area contributed by atoms with Crippen LogP contribution in [0.3, 0.4) is 0 Å². The highest BCUT2D eigenvalue weighted by atomic mass is 79.9. The van der Waals surface area contributed by atoms with Gasteiger partial charge in [0.1, 0.15) is 0 Å². The molecule has 1 unspecified atom stereocenters. The number of rotatable bonds is 7. The quantitative estimate of drug-likeness (QED) is 0.678. The summed E-state index contributed by atoms with van der Waals surface area (Å²) >= 11 is 0. The molecule has 1 aromatic rings. The molecular formula is C16H26BrNO4. The van der Waals surface area contributed by atoms with Crippen LogP contribution in [-0.4, -0.2) is 43.2 Å². The Morgan fingerprint density at radius 2 is 1.73 bits per heavy atom. The van der Waals surface area contributed by atoms with Crippen LogP contribution in [0.25, 0.3) is 0 Å². The molecule has 3 N–H and O–H groups in total. The van der Waals surface area contributed by atoms with Gasteiger partial charge in [0, 0.05) is 25.2 Å². The van der Waals surface area contributed by atoms with Crippen LogP contribution in [0.2, 0.25) is 0 Å². The second kappa shape index (κ2) is 9.35. The lowest BCUT2D eigenvalue weighted by molar-refractivity contribution is 0.117. The summed E-state index contributed by atoms with van der Waals surface area (Å²) in [4.78, 5) is 0. The SMILES string of the molecule is Br.CCOc1cc2c(cc1OCC)C(C(CO)CO)NCC2. The largest absolute Gasteiger partial charge is 0.490 e. The van der Waals surface area contributed by atoms with Crippen LogP contribution in [0.4, 0.5) is 0 Å². The lowest BCUT2D eigenvalue weighted by atomic mass is 9.86. The van der Waals surface area contributed by atoms with E-state index in [1.165, 1.54) is 5.56 Å². The first-order chi connectivity index (χ1) is 10.2. The Kier molecular flexibility index (Phi) is 8.17. The average molecular weight is 376 g/mol. The van der Waals surface area contributed by atoms with Crippen LogP contribution in [0, 0.1) is 5.92 Å². The summed E-state index contributed by atoms with van der Waals surface area (Å²) in [6.45, 7) is 5.78. The van der Waals surface area contributed by atoms with Gasteiger partial charge in [-0.15, -0.1) is 17.0 Å². The van der Waals surface area contributed by atoms with E-state index in [1.807, 2.05) is 26.0 Å². The van der Waals surface area contributed by atoms with E-state index < -0.39 is 0 Å². The Morgan fingerprint density at radius 1 is 1.14 bits per heavy atom. The fourth-order valence-corrected chi connectivity index (χ4v) is 2.82. The lowest BCUT2D eigenvalue weighted by Gasteiger charge is -2.32.